The summed E-state index contributed by atoms with van der Waals surface area (Å²) in [6.07, 6.45) is 3.92. The molecule has 2 aliphatic carbocycles. The Morgan fingerprint density at radius 3 is 2.52 bits per heavy atom. The first kappa shape index (κ1) is 21.9. The Kier molecular flexibility index (Phi) is 5.67. The minimum absolute atomic E-state index is 0.0369. The van der Waals surface area contributed by atoms with Crippen LogP contribution in [0.3, 0.4) is 0 Å². The Morgan fingerprint density at radius 2 is 1.97 bits per heavy atom. The van der Waals surface area contributed by atoms with E-state index in [4.69, 9.17) is 14.2 Å². The van der Waals surface area contributed by atoms with E-state index in [9.17, 15) is 14.7 Å². The molecular weight excluding hydrogens is 372 g/mol. The van der Waals surface area contributed by atoms with E-state index in [0.717, 1.165) is 5.57 Å². The topological polar surface area (TPSA) is 85.4 Å². The molecule has 2 fully saturated rings. The first-order valence-electron chi connectivity index (χ1n) is 10.2. The lowest BCUT2D eigenvalue weighted by Gasteiger charge is -2.30. The summed E-state index contributed by atoms with van der Waals surface area (Å²) in [6, 6.07) is 0. The van der Waals surface area contributed by atoms with E-state index < -0.39 is 41.4 Å². The lowest BCUT2D eigenvalue weighted by atomic mass is 9.84. The summed E-state index contributed by atoms with van der Waals surface area (Å²) >= 11 is 0. The van der Waals surface area contributed by atoms with Gasteiger partial charge >= 0.3 is 5.97 Å². The molecule has 29 heavy (non-hydrogen) atoms. The van der Waals surface area contributed by atoms with E-state index in [2.05, 4.69) is 6.58 Å². The van der Waals surface area contributed by atoms with E-state index in [0.29, 0.717) is 12.0 Å². The second kappa shape index (κ2) is 7.49. The number of hydrogen-bond donors (Lipinski definition) is 1. The molecule has 6 nitrogen and oxygen atoms in total. The molecular formula is C23H32O6. The first-order valence-corrected chi connectivity index (χ1v) is 10.2. The summed E-state index contributed by atoms with van der Waals surface area (Å²) in [7, 11) is 1.55. The molecule has 8 atom stereocenters. The van der Waals surface area contributed by atoms with Gasteiger partial charge in [0.2, 0.25) is 0 Å². The van der Waals surface area contributed by atoms with Crippen LogP contribution in [0.25, 0.3) is 0 Å². The number of aliphatic hydroxyl groups excluding tert-OH is 1. The summed E-state index contributed by atoms with van der Waals surface area (Å²) in [6.45, 7) is 12.9. The van der Waals surface area contributed by atoms with Crippen LogP contribution in [0.15, 0.2) is 36.0 Å². The zero-order chi connectivity index (χ0) is 21.7. The standard InChI is InChI=1S/C23H32O6/c1-12(2)17-9-8-13(3)20(26)22-11-15(5)21(28-16(6)24)23(22,29-22)10-14(4)18(25)19(17)27-7/h8-10,13,15,17-19,21,25H,1,11H2,2-7H3/b9-8-,14-10+/t13-,15+,17?,18-,19?,21+,22+,23+/m0/s1. The molecule has 3 rings (SSSR count). The summed E-state index contributed by atoms with van der Waals surface area (Å²) in [5.41, 5.74) is -0.637. The van der Waals surface area contributed by atoms with Gasteiger partial charge in [-0.25, -0.2) is 0 Å². The average molecular weight is 405 g/mol. The summed E-state index contributed by atoms with van der Waals surface area (Å²) < 4.78 is 17.4. The third kappa shape index (κ3) is 3.31. The van der Waals surface area contributed by atoms with Crippen molar-refractivity contribution in [3.63, 3.8) is 0 Å². The molecule has 0 aromatic rings. The van der Waals surface area contributed by atoms with Crippen molar-refractivity contribution in [3.05, 3.63) is 36.0 Å². The number of esters is 1. The first-order chi connectivity index (χ1) is 13.5. The van der Waals surface area contributed by atoms with E-state index in [1.54, 1.807) is 20.1 Å². The Hall–Kier alpha value is -1.76. The van der Waals surface area contributed by atoms with Crippen molar-refractivity contribution in [2.75, 3.05) is 7.11 Å². The number of epoxide rings is 1. The van der Waals surface area contributed by atoms with Gasteiger partial charge in [-0.1, -0.05) is 38.2 Å². The van der Waals surface area contributed by atoms with Crippen molar-refractivity contribution < 1.29 is 28.9 Å². The maximum Gasteiger partial charge on any atom is 0.303 e. The van der Waals surface area contributed by atoms with E-state index >= 15 is 0 Å². The van der Waals surface area contributed by atoms with Gasteiger partial charge in [-0.2, -0.15) is 0 Å². The SMILES string of the molecule is C=C(C)C1/C=C\[C@H](C)C(=O)[C@]23C[C@@H](C)[C@@H](OC(C)=O)[C@@]2(/C=C(\C)[C@H](O)C1OC)O3. The Morgan fingerprint density at radius 1 is 1.31 bits per heavy atom. The van der Waals surface area contributed by atoms with Crippen molar-refractivity contribution >= 4 is 11.8 Å². The van der Waals surface area contributed by atoms with Crippen LogP contribution >= 0.6 is 0 Å². The Bertz CT molecular complexity index is 782. The van der Waals surface area contributed by atoms with Gasteiger partial charge in [0.15, 0.2) is 17.0 Å². The molecule has 0 radical (unpaired) electrons. The quantitative estimate of drug-likeness (QED) is 0.442. The highest BCUT2D eigenvalue weighted by Crippen LogP contribution is 2.65. The molecule has 6 heteroatoms. The van der Waals surface area contributed by atoms with Crippen molar-refractivity contribution in [2.24, 2.45) is 17.8 Å². The molecule has 1 aliphatic heterocycles. The van der Waals surface area contributed by atoms with Crippen LogP contribution in [-0.4, -0.2) is 53.5 Å². The van der Waals surface area contributed by atoms with Gasteiger partial charge in [-0.05, 0) is 37.8 Å². The summed E-state index contributed by atoms with van der Waals surface area (Å²) in [5, 5.41) is 11.1. The number of Topliss-reactive ketones (excluding diaryl/α,β-unsaturated/α-hetero) is 1. The Balaban J connectivity index is 2.14. The number of allylic oxidation sites excluding steroid dienone is 1. The number of carbonyl (C=O) groups excluding carboxylic acids is 2. The zero-order valence-electron chi connectivity index (χ0n) is 18.1. The Labute approximate surface area is 172 Å². The fourth-order valence-electron chi connectivity index (χ4n) is 5.14. The largest absolute Gasteiger partial charge is 0.459 e. The van der Waals surface area contributed by atoms with Gasteiger partial charge < -0.3 is 19.3 Å². The van der Waals surface area contributed by atoms with Crippen LogP contribution in [0.4, 0.5) is 0 Å². The molecule has 1 saturated carbocycles. The van der Waals surface area contributed by atoms with Crippen molar-refractivity contribution in [1.82, 2.24) is 0 Å². The van der Waals surface area contributed by atoms with Crippen LogP contribution in [-0.2, 0) is 23.8 Å². The molecule has 1 N–H and O–H groups in total. The van der Waals surface area contributed by atoms with Gasteiger partial charge in [0.25, 0.3) is 0 Å². The van der Waals surface area contributed by atoms with Gasteiger partial charge in [0, 0.05) is 25.9 Å². The van der Waals surface area contributed by atoms with Gasteiger partial charge in [0.1, 0.15) is 12.2 Å². The number of rotatable bonds is 3. The average Bonchev–Trinajstić information content (AvgIpc) is 3.21. The third-order valence-corrected chi connectivity index (χ3v) is 6.61. The fourth-order valence-corrected chi connectivity index (χ4v) is 5.14. The predicted molar refractivity (Wildman–Crippen MR) is 108 cm³/mol. The van der Waals surface area contributed by atoms with Gasteiger partial charge in [-0.3, -0.25) is 9.59 Å². The maximum absolute atomic E-state index is 13.4. The molecule has 3 aliphatic rings. The molecule has 0 aromatic heterocycles. The van der Waals surface area contributed by atoms with Crippen molar-refractivity contribution in [3.8, 4) is 0 Å². The number of ether oxygens (including phenoxy) is 3. The molecule has 0 bridgehead atoms. The van der Waals surface area contributed by atoms with Crippen LogP contribution in [0, 0.1) is 17.8 Å². The zero-order valence-corrected chi connectivity index (χ0v) is 18.1. The van der Waals surface area contributed by atoms with E-state index in [-0.39, 0.29) is 17.6 Å². The maximum atomic E-state index is 13.4. The van der Waals surface area contributed by atoms with Crippen molar-refractivity contribution in [2.45, 2.75) is 70.6 Å². The van der Waals surface area contributed by atoms with Crippen LogP contribution in [0.2, 0.25) is 0 Å². The second-order valence-electron chi connectivity index (χ2n) is 8.88. The lowest BCUT2D eigenvalue weighted by molar-refractivity contribution is -0.151. The summed E-state index contributed by atoms with van der Waals surface area (Å²) in [5.74, 6) is -1.14. The minimum atomic E-state index is -1.05. The van der Waals surface area contributed by atoms with Crippen LogP contribution in [0.1, 0.15) is 41.0 Å². The smallest absolute Gasteiger partial charge is 0.303 e. The number of methoxy groups -OCH3 is 1. The molecule has 160 valence electrons. The van der Waals surface area contributed by atoms with Crippen molar-refractivity contribution in [1.29, 1.82) is 0 Å². The number of ketones is 1. The highest BCUT2D eigenvalue weighted by atomic mass is 16.7. The number of hydrogen-bond acceptors (Lipinski definition) is 6. The highest BCUT2D eigenvalue weighted by Gasteiger charge is 2.82. The predicted octanol–water partition coefficient (Wildman–Crippen LogP) is 2.76. The molecule has 2 unspecified atom stereocenters. The molecule has 0 aromatic carbocycles. The van der Waals surface area contributed by atoms with Crippen LogP contribution < -0.4 is 0 Å². The number of aliphatic hydroxyl groups is 1. The van der Waals surface area contributed by atoms with Gasteiger partial charge in [-0.15, -0.1) is 0 Å². The molecule has 0 amide bonds. The lowest BCUT2D eigenvalue weighted by Crippen LogP contribution is -2.40. The second-order valence-corrected chi connectivity index (χ2v) is 8.88. The van der Waals surface area contributed by atoms with E-state index in [1.165, 1.54) is 6.92 Å². The minimum Gasteiger partial charge on any atom is -0.459 e. The highest BCUT2D eigenvalue weighted by molar-refractivity contribution is 5.96. The monoisotopic (exact) mass is 404 g/mol. The fraction of sp³-hybridized carbons (Fsp3) is 0.652. The van der Waals surface area contributed by atoms with Crippen LogP contribution in [0.5, 0.6) is 0 Å². The molecule has 1 heterocycles. The number of carbonyl (C=O) groups is 2. The van der Waals surface area contributed by atoms with Gasteiger partial charge in [0.05, 0.1) is 6.10 Å². The third-order valence-electron chi connectivity index (χ3n) is 6.61. The molecule has 1 saturated heterocycles. The summed E-state index contributed by atoms with van der Waals surface area (Å²) in [4.78, 5) is 25.2. The molecule has 0 spiro atoms. The normalized spacial score (nSPS) is 47.1. The van der Waals surface area contributed by atoms with E-state index in [1.807, 2.05) is 32.9 Å².